The maximum absolute atomic E-state index is 12.7. The van der Waals surface area contributed by atoms with Crippen LogP contribution in [0.25, 0.3) is 17.2 Å². The zero-order valence-corrected chi connectivity index (χ0v) is 17.7. The van der Waals surface area contributed by atoms with Gasteiger partial charge in [0.25, 0.3) is 11.5 Å². The Kier molecular flexibility index (Phi) is 5.02. The molecule has 158 valence electrons. The number of amides is 1. The van der Waals surface area contributed by atoms with Crippen molar-refractivity contribution in [1.29, 1.82) is 0 Å². The van der Waals surface area contributed by atoms with E-state index >= 15 is 0 Å². The monoisotopic (exact) mass is 418 g/mol. The Labute approximate surface area is 178 Å². The SMILES string of the molecule is Cc1ccc(CNC(=O)c2nc(-c3ncn4c(C)cc(C)nc34)n(C)c(=O)c2O)cc1. The van der Waals surface area contributed by atoms with Gasteiger partial charge in [0.2, 0.25) is 5.75 Å². The van der Waals surface area contributed by atoms with Gasteiger partial charge in [-0.05, 0) is 32.4 Å². The summed E-state index contributed by atoms with van der Waals surface area (Å²) in [4.78, 5) is 38.5. The molecule has 0 saturated carbocycles. The number of rotatable bonds is 4. The fourth-order valence-corrected chi connectivity index (χ4v) is 3.37. The van der Waals surface area contributed by atoms with Crippen LogP contribution in [0.3, 0.4) is 0 Å². The van der Waals surface area contributed by atoms with E-state index in [1.807, 2.05) is 51.1 Å². The molecule has 0 bridgehead atoms. The number of aryl methyl sites for hydroxylation is 3. The number of carbonyl (C=O) groups is 1. The molecule has 4 rings (SSSR count). The summed E-state index contributed by atoms with van der Waals surface area (Å²) in [6.45, 7) is 5.98. The van der Waals surface area contributed by atoms with Crippen molar-refractivity contribution in [2.45, 2.75) is 27.3 Å². The summed E-state index contributed by atoms with van der Waals surface area (Å²) in [5, 5.41) is 13.0. The quantitative estimate of drug-likeness (QED) is 0.524. The minimum Gasteiger partial charge on any atom is -0.501 e. The number of carbonyl (C=O) groups excluding carboxylic acids is 1. The van der Waals surface area contributed by atoms with Crippen LogP contribution >= 0.6 is 0 Å². The second-order valence-corrected chi connectivity index (χ2v) is 7.49. The number of nitrogens with one attached hydrogen (secondary N) is 1. The second-order valence-electron chi connectivity index (χ2n) is 7.49. The second kappa shape index (κ2) is 7.67. The van der Waals surface area contributed by atoms with Gasteiger partial charge in [0, 0.05) is 25.0 Å². The molecule has 0 spiro atoms. The minimum atomic E-state index is -0.740. The normalized spacial score (nSPS) is 11.1. The Hall–Kier alpha value is -4.01. The number of benzene rings is 1. The molecule has 4 aromatic rings. The zero-order valence-electron chi connectivity index (χ0n) is 17.7. The van der Waals surface area contributed by atoms with E-state index in [0.29, 0.717) is 11.3 Å². The lowest BCUT2D eigenvalue weighted by Gasteiger charge is -2.11. The number of nitrogens with zero attached hydrogens (tertiary/aromatic N) is 5. The highest BCUT2D eigenvalue weighted by molar-refractivity contribution is 5.95. The summed E-state index contributed by atoms with van der Waals surface area (Å²) >= 11 is 0. The highest BCUT2D eigenvalue weighted by Crippen LogP contribution is 2.22. The summed E-state index contributed by atoms with van der Waals surface area (Å²) in [5.74, 6) is -1.22. The third-order valence-corrected chi connectivity index (χ3v) is 5.09. The number of aromatic nitrogens is 5. The van der Waals surface area contributed by atoms with Crippen molar-refractivity contribution >= 4 is 11.6 Å². The first kappa shape index (κ1) is 20.3. The Morgan fingerprint density at radius 1 is 1.13 bits per heavy atom. The van der Waals surface area contributed by atoms with Crippen molar-refractivity contribution in [3.8, 4) is 17.3 Å². The molecule has 0 aliphatic carbocycles. The molecule has 0 fully saturated rings. The maximum atomic E-state index is 12.7. The van der Waals surface area contributed by atoms with E-state index in [1.54, 1.807) is 10.7 Å². The maximum Gasteiger partial charge on any atom is 0.296 e. The van der Waals surface area contributed by atoms with Crippen molar-refractivity contribution in [3.63, 3.8) is 0 Å². The first-order valence-corrected chi connectivity index (χ1v) is 9.71. The molecule has 3 heterocycles. The molecule has 0 atom stereocenters. The zero-order chi connectivity index (χ0) is 22.3. The number of imidazole rings is 1. The van der Waals surface area contributed by atoms with Crippen molar-refractivity contribution in [3.05, 3.63) is 75.2 Å². The molecular formula is C22H22N6O3. The van der Waals surface area contributed by atoms with E-state index in [0.717, 1.165) is 27.1 Å². The summed E-state index contributed by atoms with van der Waals surface area (Å²) in [7, 11) is 1.46. The van der Waals surface area contributed by atoms with Crippen molar-refractivity contribution < 1.29 is 9.90 Å². The van der Waals surface area contributed by atoms with Crippen LogP contribution < -0.4 is 10.9 Å². The van der Waals surface area contributed by atoms with Crippen LogP contribution in [0.5, 0.6) is 5.75 Å². The molecule has 0 saturated heterocycles. The predicted molar refractivity (Wildman–Crippen MR) is 115 cm³/mol. The van der Waals surface area contributed by atoms with Crippen LogP contribution in [0.1, 0.15) is 33.0 Å². The van der Waals surface area contributed by atoms with Crippen LogP contribution in [0, 0.1) is 20.8 Å². The van der Waals surface area contributed by atoms with Gasteiger partial charge in [-0.3, -0.25) is 18.6 Å². The predicted octanol–water partition coefficient (Wildman–Crippen LogP) is 2.05. The Morgan fingerprint density at radius 2 is 1.84 bits per heavy atom. The summed E-state index contributed by atoms with van der Waals surface area (Å²) in [6.07, 6.45) is 1.59. The van der Waals surface area contributed by atoms with Crippen molar-refractivity contribution in [1.82, 2.24) is 29.2 Å². The molecule has 1 aromatic carbocycles. The lowest BCUT2D eigenvalue weighted by molar-refractivity contribution is 0.0942. The Bertz CT molecular complexity index is 1370. The molecule has 0 aliphatic rings. The lowest BCUT2D eigenvalue weighted by Crippen LogP contribution is -2.29. The number of aromatic hydroxyl groups is 1. The van der Waals surface area contributed by atoms with E-state index < -0.39 is 17.2 Å². The van der Waals surface area contributed by atoms with Gasteiger partial charge in [0.15, 0.2) is 22.9 Å². The van der Waals surface area contributed by atoms with Gasteiger partial charge in [0.05, 0.1) is 0 Å². The molecule has 9 nitrogen and oxygen atoms in total. The fourth-order valence-electron chi connectivity index (χ4n) is 3.37. The van der Waals surface area contributed by atoms with Gasteiger partial charge in [-0.2, -0.15) is 0 Å². The van der Waals surface area contributed by atoms with Gasteiger partial charge >= 0.3 is 0 Å². The van der Waals surface area contributed by atoms with E-state index in [1.165, 1.54) is 7.05 Å². The lowest BCUT2D eigenvalue weighted by atomic mass is 10.1. The van der Waals surface area contributed by atoms with Gasteiger partial charge in [0.1, 0.15) is 6.33 Å². The van der Waals surface area contributed by atoms with Crippen LogP contribution in [-0.4, -0.2) is 34.9 Å². The van der Waals surface area contributed by atoms with Crippen LogP contribution in [-0.2, 0) is 13.6 Å². The fraction of sp³-hybridized carbons (Fsp3) is 0.227. The Balaban J connectivity index is 1.75. The molecule has 3 aromatic heterocycles. The first-order chi connectivity index (χ1) is 14.8. The highest BCUT2D eigenvalue weighted by Gasteiger charge is 2.23. The Morgan fingerprint density at radius 3 is 2.55 bits per heavy atom. The minimum absolute atomic E-state index is 0.142. The van der Waals surface area contributed by atoms with Gasteiger partial charge in [-0.15, -0.1) is 0 Å². The summed E-state index contributed by atoms with van der Waals surface area (Å²) in [6, 6.07) is 9.58. The molecule has 0 radical (unpaired) electrons. The van der Waals surface area contributed by atoms with E-state index in [4.69, 9.17) is 0 Å². The largest absolute Gasteiger partial charge is 0.501 e. The standard InChI is InChI=1S/C22H22N6O3/c1-12-5-7-15(8-6-12)10-23-21(30)16-18(29)22(31)27(4)19(26-16)17-20-25-13(2)9-14(3)28(20)11-24-17/h5-9,11,29H,10H2,1-4H3,(H,23,30). The molecule has 2 N–H and O–H groups in total. The van der Waals surface area contributed by atoms with Crippen molar-refractivity contribution in [2.75, 3.05) is 0 Å². The third kappa shape index (κ3) is 3.65. The van der Waals surface area contributed by atoms with Gasteiger partial charge in [-0.1, -0.05) is 29.8 Å². The highest BCUT2D eigenvalue weighted by atomic mass is 16.3. The molecule has 0 unspecified atom stereocenters. The molecule has 0 aliphatic heterocycles. The molecule has 9 heteroatoms. The molecular weight excluding hydrogens is 396 g/mol. The average molecular weight is 418 g/mol. The van der Waals surface area contributed by atoms with E-state index in [-0.39, 0.29) is 18.1 Å². The van der Waals surface area contributed by atoms with Gasteiger partial charge in [-0.25, -0.2) is 15.0 Å². The third-order valence-electron chi connectivity index (χ3n) is 5.09. The van der Waals surface area contributed by atoms with Crippen LogP contribution in [0.15, 0.2) is 41.5 Å². The summed E-state index contributed by atoms with van der Waals surface area (Å²) < 4.78 is 2.94. The van der Waals surface area contributed by atoms with E-state index in [2.05, 4.69) is 20.3 Å². The number of hydrogen-bond donors (Lipinski definition) is 2. The molecule has 31 heavy (non-hydrogen) atoms. The topological polar surface area (TPSA) is 114 Å². The first-order valence-electron chi connectivity index (χ1n) is 9.71. The van der Waals surface area contributed by atoms with Crippen LogP contribution in [0.4, 0.5) is 0 Å². The van der Waals surface area contributed by atoms with E-state index in [9.17, 15) is 14.7 Å². The summed E-state index contributed by atoms with van der Waals surface area (Å²) in [5.41, 5.74) is 3.46. The average Bonchev–Trinajstić information content (AvgIpc) is 3.15. The van der Waals surface area contributed by atoms with Crippen molar-refractivity contribution in [2.24, 2.45) is 7.05 Å². The van der Waals surface area contributed by atoms with Crippen LogP contribution in [0.2, 0.25) is 0 Å². The molecule has 1 amide bonds. The number of hydrogen-bond acceptors (Lipinski definition) is 6. The van der Waals surface area contributed by atoms with Gasteiger partial charge < -0.3 is 10.4 Å². The smallest absolute Gasteiger partial charge is 0.296 e. The number of fused-ring (bicyclic) bond motifs is 1.